The van der Waals surface area contributed by atoms with Crippen LogP contribution in [0.5, 0.6) is 11.5 Å². The van der Waals surface area contributed by atoms with Crippen LogP contribution in [0.2, 0.25) is 0 Å². The highest BCUT2D eigenvalue weighted by molar-refractivity contribution is 7.56. The van der Waals surface area contributed by atoms with Crippen molar-refractivity contribution in [3.63, 3.8) is 0 Å². The number of hydrogen-bond donors (Lipinski definition) is 1. The van der Waals surface area contributed by atoms with Gasteiger partial charge in [-0.05, 0) is 131 Å². The van der Waals surface area contributed by atoms with Crippen molar-refractivity contribution in [2.75, 3.05) is 40.0 Å². The van der Waals surface area contributed by atoms with Gasteiger partial charge in [0.05, 0.1) is 48.5 Å². The van der Waals surface area contributed by atoms with E-state index in [1.165, 1.54) is 17.7 Å². The summed E-state index contributed by atoms with van der Waals surface area (Å²) in [6.07, 6.45) is 2.95. The first kappa shape index (κ1) is 73.7. The molecule has 1 unspecified atom stereocenters. The average Bonchev–Trinajstić information content (AvgIpc) is 1.76. The minimum absolute atomic E-state index is 0.0106. The van der Waals surface area contributed by atoms with Crippen LogP contribution >= 0.6 is 7.67 Å². The summed E-state index contributed by atoms with van der Waals surface area (Å²) in [5.74, 6) is 0.523. The maximum absolute atomic E-state index is 13.4. The molecule has 0 radical (unpaired) electrons. The Balaban J connectivity index is 0.000000192. The zero-order chi connectivity index (χ0) is 71.2. The van der Waals surface area contributed by atoms with Crippen molar-refractivity contribution in [2.24, 2.45) is 11.3 Å². The monoisotopic (exact) mass is 1370 g/mol. The third-order valence-electron chi connectivity index (χ3n) is 14.8. The quantitative estimate of drug-likeness (QED) is 0.0193. The Hall–Kier alpha value is -11.1. The Morgan fingerprint density at radius 2 is 0.949 bits per heavy atom. The van der Waals surface area contributed by atoms with Crippen LogP contribution in [0.3, 0.4) is 0 Å². The second-order valence-corrected chi connectivity index (χ2v) is 26.4. The van der Waals surface area contributed by atoms with E-state index in [1.807, 2.05) is 106 Å². The molecule has 1 aliphatic rings. The fourth-order valence-electron chi connectivity index (χ4n) is 9.06. The molecule has 0 bridgehead atoms. The van der Waals surface area contributed by atoms with Crippen molar-refractivity contribution in [2.45, 2.75) is 93.9 Å². The van der Waals surface area contributed by atoms with Gasteiger partial charge in [-0.2, -0.15) is 0 Å². The van der Waals surface area contributed by atoms with Gasteiger partial charge >= 0.3 is 49.9 Å². The molecule has 6 aromatic carbocycles. The van der Waals surface area contributed by atoms with Gasteiger partial charge in [0.25, 0.3) is 0 Å². The molecular formula is C74H78N5O19P. The summed E-state index contributed by atoms with van der Waals surface area (Å²) in [6, 6.07) is 47.8. The predicted octanol–water partition coefficient (Wildman–Crippen LogP) is 17.5. The third-order valence-corrected chi connectivity index (χ3v) is 17.1. The molecule has 9 aromatic rings. The Morgan fingerprint density at radius 1 is 0.566 bits per heavy atom. The molecule has 1 N–H and O–H groups in total. The first-order valence-electron chi connectivity index (χ1n) is 32.1. The highest BCUT2D eigenvalue weighted by Gasteiger charge is 2.49. The molecule has 518 valence electrons. The number of carbonyl (C=O) groups excluding carboxylic acids is 6. The van der Waals surface area contributed by atoms with Crippen LogP contribution in [0, 0.1) is 18.3 Å². The van der Waals surface area contributed by atoms with Crippen LogP contribution in [0.15, 0.2) is 177 Å². The molecule has 1 fully saturated rings. The van der Waals surface area contributed by atoms with Crippen LogP contribution in [0.25, 0.3) is 67.7 Å². The van der Waals surface area contributed by atoms with E-state index in [0.29, 0.717) is 68.0 Å². The molecule has 3 aromatic heterocycles. The molecule has 1 saturated heterocycles. The molecule has 0 aliphatic carbocycles. The molecule has 1 aliphatic heterocycles. The van der Waals surface area contributed by atoms with Gasteiger partial charge in [-0.15, -0.1) is 0 Å². The van der Waals surface area contributed by atoms with E-state index < -0.39 is 55.3 Å². The number of nitrogens with zero attached hydrogens (tertiary/aromatic N) is 5. The Kier molecular flexibility index (Phi) is 25.8. The lowest BCUT2D eigenvalue weighted by Gasteiger charge is -2.29. The van der Waals surface area contributed by atoms with Crippen LogP contribution in [-0.4, -0.2) is 112 Å². The number of esters is 3. The number of aryl methyl sites for hydroxylation is 1. The highest BCUT2D eigenvalue weighted by atomic mass is 31.2. The average molecular weight is 1370 g/mol. The number of carbonyl (C=O) groups is 7. The van der Waals surface area contributed by atoms with Crippen molar-refractivity contribution in [1.82, 2.24) is 24.8 Å². The first-order valence-corrected chi connectivity index (χ1v) is 33.6. The minimum Gasteiger partial charge on any atom is -0.494 e. The summed E-state index contributed by atoms with van der Waals surface area (Å²) in [7, 11) is -3.65. The lowest BCUT2D eigenvalue weighted by atomic mass is 9.97. The highest BCUT2D eigenvalue weighted by Crippen LogP contribution is 2.55. The summed E-state index contributed by atoms with van der Waals surface area (Å²) >= 11 is 0. The minimum atomic E-state index is -4.60. The number of ether oxygens (including phenoxy) is 6. The van der Waals surface area contributed by atoms with Crippen LogP contribution in [-0.2, 0) is 32.8 Å². The summed E-state index contributed by atoms with van der Waals surface area (Å²) in [4.78, 5) is 83.8. The number of cyclic esters (lactones) is 1. The van der Waals surface area contributed by atoms with Gasteiger partial charge in [0.2, 0.25) is 0 Å². The number of rotatable bonds is 24. The van der Waals surface area contributed by atoms with Crippen molar-refractivity contribution in [1.29, 1.82) is 0 Å². The van der Waals surface area contributed by atoms with Crippen molar-refractivity contribution in [3.8, 4) is 79.2 Å². The predicted molar refractivity (Wildman–Crippen MR) is 365 cm³/mol. The topological polar surface area (TPSA) is 306 Å². The van der Waals surface area contributed by atoms with Gasteiger partial charge < -0.3 is 51.6 Å². The summed E-state index contributed by atoms with van der Waals surface area (Å²) in [6.45, 7) is 16.5. The molecule has 10 rings (SSSR count). The first-order chi connectivity index (χ1) is 47.4. The van der Waals surface area contributed by atoms with E-state index in [4.69, 9.17) is 46.5 Å². The van der Waals surface area contributed by atoms with Gasteiger partial charge in [0, 0.05) is 58.6 Å². The molecule has 25 heteroatoms. The third kappa shape index (κ3) is 20.7. The van der Waals surface area contributed by atoms with E-state index in [0.717, 1.165) is 84.9 Å². The Labute approximate surface area is 572 Å². The lowest BCUT2D eigenvalue weighted by Crippen LogP contribution is -2.35. The zero-order valence-corrected chi connectivity index (χ0v) is 57.3. The molecule has 99 heavy (non-hydrogen) atoms. The molecule has 4 heterocycles. The second kappa shape index (κ2) is 34.7. The SMILES string of the molecule is CCCCCOc1ccc(-c2cc(-c3ccc(C(=O)OC(=O)OCC(C)C)cc3)no2)cc1.CCCCCOc1ccc(-c2cc(-c3ccc(C(=O)OP(=O)(N(C)C(=O)O)N4CCOC4=O)cc3)no2)cc1.Cc1ccc(-c2cc(-c3ccc(C(=O)OC(=O)C(C)(C)C)cc3)no2)cc1. The molecule has 2 amide bonds. The Bertz CT molecular complexity index is 4230. The van der Waals surface area contributed by atoms with E-state index in [9.17, 15) is 43.2 Å². The maximum Gasteiger partial charge on any atom is 0.516 e. The second-order valence-electron chi connectivity index (χ2n) is 24.2. The van der Waals surface area contributed by atoms with Gasteiger partial charge in [0.15, 0.2) is 17.3 Å². The van der Waals surface area contributed by atoms with Crippen LogP contribution in [0.4, 0.5) is 14.4 Å². The Morgan fingerprint density at radius 3 is 1.31 bits per heavy atom. The van der Waals surface area contributed by atoms with E-state index in [2.05, 4.69) is 29.3 Å². The van der Waals surface area contributed by atoms with E-state index in [-0.39, 0.29) is 36.8 Å². The van der Waals surface area contributed by atoms with Crippen LogP contribution in [0.1, 0.15) is 124 Å². The van der Waals surface area contributed by atoms with Crippen LogP contribution < -0.4 is 9.47 Å². The lowest BCUT2D eigenvalue weighted by molar-refractivity contribution is -0.146. The number of unbranched alkanes of at least 4 members (excludes halogenated alkanes) is 4. The number of carboxylic acid groups (broad SMARTS) is 1. The smallest absolute Gasteiger partial charge is 0.494 e. The summed E-state index contributed by atoms with van der Waals surface area (Å²) in [5.41, 5.74) is 7.61. The maximum atomic E-state index is 13.4. The van der Waals surface area contributed by atoms with Gasteiger partial charge in [0.1, 0.15) is 35.2 Å². The molecular weight excluding hydrogens is 1290 g/mol. The van der Waals surface area contributed by atoms with E-state index >= 15 is 0 Å². The van der Waals surface area contributed by atoms with Gasteiger partial charge in [-0.3, -0.25) is 4.79 Å². The number of amides is 2. The number of aromatic nitrogens is 3. The van der Waals surface area contributed by atoms with Gasteiger partial charge in [-0.1, -0.05) is 135 Å². The van der Waals surface area contributed by atoms with Crippen molar-refractivity contribution >= 4 is 49.9 Å². The summed E-state index contributed by atoms with van der Waals surface area (Å²) in [5, 5.41) is 21.6. The zero-order valence-electron chi connectivity index (χ0n) is 56.4. The molecule has 0 saturated carbocycles. The van der Waals surface area contributed by atoms with E-state index in [1.54, 1.807) is 87.5 Å². The molecule has 1 atom stereocenters. The van der Waals surface area contributed by atoms with Gasteiger partial charge in [-0.25, -0.2) is 42.7 Å². The van der Waals surface area contributed by atoms with Crippen molar-refractivity contribution < 1.29 is 89.7 Å². The van der Waals surface area contributed by atoms with Crippen molar-refractivity contribution in [3.05, 3.63) is 186 Å². The standard InChI is InChI=1S/C26H28N3O9P.C26H29NO6.C22H21NO4/c1-3-4-5-15-35-21-12-10-19(11-13-21)23-17-22(27-37-23)18-6-8-20(9-7-18)24(30)38-39(34,28(2)25(31)32)29-14-16-36-26(29)33;1-4-5-6-15-30-22-13-11-20(12-14-22)24-16-23(27-33-24)19-7-9-21(10-8-19)25(28)32-26(29)31-17-18(2)3;1-14-5-7-16(8-6-14)19-13-18(23-27-19)15-9-11-17(12-10-15)20(24)26-21(25)22(2,3)4/h6-13,17H,3-5,14-16H2,1-2H3,(H,31,32);7-14,16,18H,4-6,15,17H2,1-3H3;5-13H,1-4H3. The largest absolute Gasteiger partial charge is 0.516 e. The fraction of sp³-hybridized carbons (Fsp3) is 0.297. The number of hydrogen-bond acceptors (Lipinski definition) is 21. The molecule has 0 spiro atoms. The number of benzene rings is 6. The molecule has 24 nitrogen and oxygen atoms in total. The summed E-state index contributed by atoms with van der Waals surface area (Å²) < 4.78 is 66.5. The normalized spacial score (nSPS) is 12.3. The fourth-order valence-corrected chi connectivity index (χ4v) is 10.7.